The van der Waals surface area contributed by atoms with Crippen LogP contribution in [0.1, 0.15) is 29.9 Å². The highest BCUT2D eigenvalue weighted by molar-refractivity contribution is 5.42. The quantitative estimate of drug-likeness (QED) is 0.626. The first-order chi connectivity index (χ1) is 10.1. The first-order valence-corrected chi connectivity index (χ1v) is 6.86. The van der Waals surface area contributed by atoms with E-state index in [1.807, 2.05) is 35.9 Å². The van der Waals surface area contributed by atoms with Crippen molar-refractivity contribution >= 4 is 0 Å². The number of rotatable bonds is 6. The summed E-state index contributed by atoms with van der Waals surface area (Å²) in [7, 11) is 3.26. The molecule has 3 N–H and O–H groups in total. The van der Waals surface area contributed by atoms with E-state index in [-0.39, 0.29) is 6.04 Å². The van der Waals surface area contributed by atoms with Gasteiger partial charge in [0, 0.05) is 12.6 Å². The van der Waals surface area contributed by atoms with Gasteiger partial charge in [-0.05, 0) is 37.6 Å². The highest BCUT2D eigenvalue weighted by atomic mass is 16.5. The van der Waals surface area contributed by atoms with E-state index in [9.17, 15) is 0 Å². The summed E-state index contributed by atoms with van der Waals surface area (Å²) in [6.07, 6.45) is 0. The number of benzene rings is 1. The maximum Gasteiger partial charge on any atom is 0.122 e. The van der Waals surface area contributed by atoms with Gasteiger partial charge in [-0.3, -0.25) is 10.5 Å². The predicted octanol–water partition coefficient (Wildman–Crippen LogP) is 1.78. The van der Waals surface area contributed by atoms with Gasteiger partial charge < -0.3 is 9.47 Å². The third-order valence-electron chi connectivity index (χ3n) is 3.40. The summed E-state index contributed by atoms with van der Waals surface area (Å²) >= 11 is 0. The maximum absolute atomic E-state index is 5.78. The van der Waals surface area contributed by atoms with Crippen molar-refractivity contribution in [3.63, 3.8) is 0 Å². The third-order valence-corrected chi connectivity index (χ3v) is 3.40. The van der Waals surface area contributed by atoms with Gasteiger partial charge in [0.25, 0.3) is 0 Å². The van der Waals surface area contributed by atoms with E-state index in [0.29, 0.717) is 0 Å². The topological polar surface area (TPSA) is 74.3 Å². The molecule has 6 heteroatoms. The number of hydrogen-bond donors (Lipinski definition) is 2. The Morgan fingerprint density at radius 3 is 2.29 bits per heavy atom. The molecule has 1 aromatic carbocycles. The van der Waals surface area contributed by atoms with Crippen molar-refractivity contribution in [3.8, 4) is 11.5 Å². The van der Waals surface area contributed by atoms with E-state index in [0.717, 1.165) is 35.0 Å². The lowest BCUT2D eigenvalue weighted by Gasteiger charge is -2.19. The lowest BCUT2D eigenvalue weighted by molar-refractivity contribution is 0.392. The number of methoxy groups -OCH3 is 2. The van der Waals surface area contributed by atoms with Gasteiger partial charge in [0.05, 0.1) is 31.6 Å². The van der Waals surface area contributed by atoms with Crippen LogP contribution in [-0.2, 0) is 6.54 Å². The fourth-order valence-corrected chi connectivity index (χ4v) is 2.40. The molecule has 0 amide bonds. The molecular weight excluding hydrogens is 268 g/mol. The number of nitrogens with two attached hydrogens (primary N) is 1. The molecule has 0 spiro atoms. The van der Waals surface area contributed by atoms with E-state index >= 15 is 0 Å². The minimum atomic E-state index is -0.185. The normalized spacial score (nSPS) is 12.2. The van der Waals surface area contributed by atoms with Gasteiger partial charge in [-0.2, -0.15) is 5.10 Å². The fourth-order valence-electron chi connectivity index (χ4n) is 2.40. The molecule has 21 heavy (non-hydrogen) atoms. The molecule has 1 atom stereocenters. The summed E-state index contributed by atoms with van der Waals surface area (Å²) in [6, 6.07) is 7.56. The third kappa shape index (κ3) is 3.17. The Bertz CT molecular complexity index is 587. The van der Waals surface area contributed by atoms with Crippen LogP contribution in [0, 0.1) is 6.92 Å². The number of aromatic nitrogens is 2. The van der Waals surface area contributed by atoms with Crippen LogP contribution >= 0.6 is 0 Å². The molecule has 1 heterocycles. The van der Waals surface area contributed by atoms with Crippen molar-refractivity contribution in [1.29, 1.82) is 0 Å². The van der Waals surface area contributed by atoms with Crippen molar-refractivity contribution in [1.82, 2.24) is 15.2 Å². The molecule has 2 rings (SSSR count). The Kier molecular flexibility index (Phi) is 4.82. The minimum absolute atomic E-state index is 0.185. The lowest BCUT2D eigenvalue weighted by atomic mass is 10.0. The molecule has 6 nitrogen and oxygen atoms in total. The summed E-state index contributed by atoms with van der Waals surface area (Å²) in [5, 5.41) is 4.47. The second kappa shape index (κ2) is 6.60. The summed E-state index contributed by atoms with van der Waals surface area (Å²) in [4.78, 5) is 0. The zero-order valence-electron chi connectivity index (χ0n) is 12.9. The molecule has 0 bridgehead atoms. The van der Waals surface area contributed by atoms with Crippen molar-refractivity contribution < 1.29 is 9.47 Å². The first-order valence-electron chi connectivity index (χ1n) is 6.86. The van der Waals surface area contributed by atoms with Crippen LogP contribution < -0.4 is 20.7 Å². The average molecular weight is 290 g/mol. The van der Waals surface area contributed by atoms with Gasteiger partial charge in [0.1, 0.15) is 11.5 Å². The van der Waals surface area contributed by atoms with E-state index in [1.54, 1.807) is 14.2 Å². The second-order valence-corrected chi connectivity index (χ2v) is 4.77. The van der Waals surface area contributed by atoms with Crippen LogP contribution in [0.5, 0.6) is 11.5 Å². The molecule has 114 valence electrons. The standard InChI is InChI=1S/C15H22N4O2/c1-5-19-14(6-10(2)18-19)15(17-16)11-7-12(20-3)9-13(8-11)21-4/h6-9,15,17H,5,16H2,1-4H3. The van der Waals surface area contributed by atoms with Crippen molar-refractivity contribution in [2.24, 2.45) is 5.84 Å². The Balaban J connectivity index is 2.50. The summed E-state index contributed by atoms with van der Waals surface area (Å²) in [5.74, 6) is 7.23. The van der Waals surface area contributed by atoms with Gasteiger partial charge in [0.15, 0.2) is 0 Å². The van der Waals surface area contributed by atoms with Crippen LogP contribution in [0.2, 0.25) is 0 Å². The summed E-state index contributed by atoms with van der Waals surface area (Å²) in [5.41, 5.74) is 5.78. The van der Waals surface area contributed by atoms with Gasteiger partial charge in [-0.25, -0.2) is 5.43 Å². The summed E-state index contributed by atoms with van der Waals surface area (Å²) in [6.45, 7) is 4.80. The molecule has 0 aliphatic heterocycles. The zero-order chi connectivity index (χ0) is 15.4. The van der Waals surface area contributed by atoms with Crippen LogP contribution in [0.15, 0.2) is 24.3 Å². The number of hydrogen-bond acceptors (Lipinski definition) is 5. The summed E-state index contributed by atoms with van der Waals surface area (Å²) < 4.78 is 12.6. The Hall–Kier alpha value is -2.05. The number of hydrazine groups is 1. The van der Waals surface area contributed by atoms with E-state index in [2.05, 4.69) is 17.4 Å². The molecule has 0 saturated carbocycles. The molecule has 0 saturated heterocycles. The number of nitrogens with zero attached hydrogens (tertiary/aromatic N) is 2. The second-order valence-electron chi connectivity index (χ2n) is 4.77. The lowest BCUT2D eigenvalue weighted by Crippen LogP contribution is -2.30. The molecule has 0 aliphatic carbocycles. The Labute approximate surface area is 124 Å². The minimum Gasteiger partial charge on any atom is -0.497 e. The number of ether oxygens (including phenoxy) is 2. The molecule has 2 aromatic rings. The van der Waals surface area contributed by atoms with Crippen LogP contribution in [0.3, 0.4) is 0 Å². The maximum atomic E-state index is 5.78. The predicted molar refractivity (Wildman–Crippen MR) is 81.4 cm³/mol. The van der Waals surface area contributed by atoms with Gasteiger partial charge in [-0.15, -0.1) is 0 Å². The molecule has 0 aliphatic rings. The first kappa shape index (κ1) is 15.3. The van der Waals surface area contributed by atoms with Crippen molar-refractivity contribution in [2.45, 2.75) is 26.4 Å². The highest BCUT2D eigenvalue weighted by Crippen LogP contribution is 2.29. The smallest absolute Gasteiger partial charge is 0.122 e. The number of aryl methyl sites for hydroxylation is 2. The van der Waals surface area contributed by atoms with Crippen molar-refractivity contribution in [2.75, 3.05) is 14.2 Å². The zero-order valence-corrected chi connectivity index (χ0v) is 12.9. The average Bonchev–Trinajstić information content (AvgIpc) is 2.88. The fraction of sp³-hybridized carbons (Fsp3) is 0.400. The van der Waals surface area contributed by atoms with E-state index in [4.69, 9.17) is 15.3 Å². The highest BCUT2D eigenvalue weighted by Gasteiger charge is 2.19. The van der Waals surface area contributed by atoms with E-state index in [1.165, 1.54) is 0 Å². The van der Waals surface area contributed by atoms with Gasteiger partial charge in [0.2, 0.25) is 0 Å². The Morgan fingerprint density at radius 2 is 1.81 bits per heavy atom. The molecule has 1 unspecified atom stereocenters. The van der Waals surface area contributed by atoms with Crippen LogP contribution in [-0.4, -0.2) is 24.0 Å². The number of nitrogens with one attached hydrogen (secondary N) is 1. The SMILES string of the molecule is CCn1nc(C)cc1C(NN)c1cc(OC)cc(OC)c1. The monoisotopic (exact) mass is 290 g/mol. The van der Waals surface area contributed by atoms with E-state index < -0.39 is 0 Å². The Morgan fingerprint density at radius 1 is 1.19 bits per heavy atom. The van der Waals surface area contributed by atoms with Gasteiger partial charge >= 0.3 is 0 Å². The molecule has 1 aromatic heterocycles. The molecule has 0 radical (unpaired) electrons. The van der Waals surface area contributed by atoms with Crippen LogP contribution in [0.4, 0.5) is 0 Å². The van der Waals surface area contributed by atoms with Crippen molar-refractivity contribution in [3.05, 3.63) is 41.2 Å². The van der Waals surface area contributed by atoms with Crippen LogP contribution in [0.25, 0.3) is 0 Å². The van der Waals surface area contributed by atoms with Gasteiger partial charge in [-0.1, -0.05) is 0 Å². The molecular formula is C15H22N4O2. The largest absolute Gasteiger partial charge is 0.497 e. The molecule has 0 fully saturated rings.